The van der Waals surface area contributed by atoms with Crippen molar-refractivity contribution in [1.29, 1.82) is 0 Å². The van der Waals surface area contributed by atoms with Gasteiger partial charge in [0.1, 0.15) is 10.9 Å². The van der Waals surface area contributed by atoms with Crippen molar-refractivity contribution in [2.24, 2.45) is 0 Å². The first-order valence-electron chi connectivity index (χ1n) is 7.11. The monoisotopic (exact) mass is 304 g/mol. The number of halogens is 1. The Morgan fingerprint density at radius 3 is 2.38 bits per heavy atom. The quantitative estimate of drug-likeness (QED) is 0.789. The van der Waals surface area contributed by atoms with Crippen LogP contribution in [0.3, 0.4) is 0 Å². The minimum atomic E-state index is 0.181. The highest BCUT2D eigenvalue weighted by Gasteiger charge is 2.07. The number of nitrogens with one attached hydrogen (secondary N) is 1. The van der Waals surface area contributed by atoms with Crippen LogP contribution in [0.25, 0.3) is 0 Å². The Labute approximate surface area is 131 Å². The third-order valence-electron chi connectivity index (χ3n) is 3.15. The minimum absolute atomic E-state index is 0.181. The van der Waals surface area contributed by atoms with Crippen LogP contribution in [0, 0.1) is 6.92 Å². The van der Waals surface area contributed by atoms with Crippen LogP contribution in [0.2, 0.25) is 5.15 Å². The Balaban J connectivity index is 2.05. The van der Waals surface area contributed by atoms with Gasteiger partial charge in [-0.15, -0.1) is 0 Å². The molecule has 1 aromatic carbocycles. The molecule has 0 saturated carbocycles. The fourth-order valence-electron chi connectivity index (χ4n) is 2.08. The summed E-state index contributed by atoms with van der Waals surface area (Å²) in [6.45, 7) is 8.10. The van der Waals surface area contributed by atoms with Gasteiger partial charge in [-0.25, -0.2) is 4.98 Å². The lowest BCUT2D eigenvalue weighted by Crippen LogP contribution is -2.08. The molecule has 0 aliphatic heterocycles. The van der Waals surface area contributed by atoms with Gasteiger partial charge in [0.05, 0.1) is 18.0 Å². The van der Waals surface area contributed by atoms with Crippen LogP contribution in [0.15, 0.2) is 36.5 Å². The van der Waals surface area contributed by atoms with Gasteiger partial charge in [0, 0.05) is 6.04 Å². The van der Waals surface area contributed by atoms with Gasteiger partial charge < -0.3 is 10.1 Å². The standard InChI is InChI=1S/C17H21ClN2O/c1-11(2)21-16-7-5-14(6-8-16)13(4)20-15-9-12(3)17(18)19-10-15/h5-11,13,20H,1-4H3. The predicted octanol–water partition coefficient (Wildman–Crippen LogP) is 5.00. The number of nitrogens with zero attached hydrogens (tertiary/aromatic N) is 1. The number of rotatable bonds is 5. The highest BCUT2D eigenvalue weighted by Crippen LogP contribution is 2.23. The van der Waals surface area contributed by atoms with Crippen LogP contribution < -0.4 is 10.1 Å². The second-order valence-corrected chi connectivity index (χ2v) is 5.79. The molecule has 1 heterocycles. The SMILES string of the molecule is Cc1cc(NC(C)c2ccc(OC(C)C)cc2)cnc1Cl. The van der Waals surface area contributed by atoms with Crippen LogP contribution in [-0.4, -0.2) is 11.1 Å². The lowest BCUT2D eigenvalue weighted by Gasteiger charge is -2.17. The van der Waals surface area contributed by atoms with Crippen molar-refractivity contribution in [1.82, 2.24) is 4.98 Å². The molecular weight excluding hydrogens is 284 g/mol. The molecule has 1 N–H and O–H groups in total. The molecule has 0 amide bonds. The maximum atomic E-state index is 5.94. The van der Waals surface area contributed by atoms with E-state index in [1.54, 1.807) is 6.20 Å². The summed E-state index contributed by atoms with van der Waals surface area (Å²) in [5, 5.41) is 3.97. The lowest BCUT2D eigenvalue weighted by atomic mass is 10.1. The average Bonchev–Trinajstić information content (AvgIpc) is 2.43. The first-order valence-corrected chi connectivity index (χ1v) is 7.49. The summed E-state index contributed by atoms with van der Waals surface area (Å²) in [6, 6.07) is 10.3. The second kappa shape index (κ2) is 6.81. The zero-order valence-corrected chi connectivity index (χ0v) is 13.6. The lowest BCUT2D eigenvalue weighted by molar-refractivity contribution is 0.242. The Morgan fingerprint density at radius 2 is 1.81 bits per heavy atom. The topological polar surface area (TPSA) is 34.1 Å². The summed E-state index contributed by atoms with van der Waals surface area (Å²) in [4.78, 5) is 4.16. The van der Waals surface area contributed by atoms with E-state index in [-0.39, 0.29) is 12.1 Å². The van der Waals surface area contributed by atoms with E-state index in [1.807, 2.05) is 39.0 Å². The molecule has 3 nitrogen and oxygen atoms in total. The molecule has 1 atom stereocenters. The fourth-order valence-corrected chi connectivity index (χ4v) is 2.18. The van der Waals surface area contributed by atoms with E-state index in [1.165, 1.54) is 5.56 Å². The summed E-state index contributed by atoms with van der Waals surface area (Å²) >= 11 is 5.94. The van der Waals surface area contributed by atoms with Crippen molar-refractivity contribution >= 4 is 17.3 Å². The summed E-state index contributed by atoms with van der Waals surface area (Å²) in [5.74, 6) is 0.893. The number of pyridine rings is 1. The van der Waals surface area contributed by atoms with E-state index in [0.29, 0.717) is 5.15 Å². The number of aryl methyl sites for hydroxylation is 1. The van der Waals surface area contributed by atoms with Gasteiger partial charge >= 0.3 is 0 Å². The first-order chi connectivity index (χ1) is 9.95. The van der Waals surface area contributed by atoms with Crippen LogP contribution in [0.5, 0.6) is 5.75 Å². The molecular formula is C17H21ClN2O. The molecule has 0 radical (unpaired) electrons. The van der Waals surface area contributed by atoms with Crippen molar-refractivity contribution in [3.63, 3.8) is 0 Å². The van der Waals surface area contributed by atoms with E-state index < -0.39 is 0 Å². The number of anilines is 1. The maximum Gasteiger partial charge on any atom is 0.132 e. The van der Waals surface area contributed by atoms with Crippen LogP contribution in [-0.2, 0) is 0 Å². The largest absolute Gasteiger partial charge is 0.491 e. The van der Waals surface area contributed by atoms with Crippen LogP contribution >= 0.6 is 11.6 Å². The number of hydrogen-bond acceptors (Lipinski definition) is 3. The van der Waals surface area contributed by atoms with Crippen molar-refractivity contribution < 1.29 is 4.74 Å². The molecule has 0 fully saturated rings. The third kappa shape index (κ3) is 4.36. The van der Waals surface area contributed by atoms with Crippen molar-refractivity contribution in [2.45, 2.75) is 39.8 Å². The smallest absolute Gasteiger partial charge is 0.132 e. The van der Waals surface area contributed by atoms with Gasteiger partial charge in [-0.3, -0.25) is 0 Å². The molecule has 0 saturated heterocycles. The van der Waals surface area contributed by atoms with E-state index in [9.17, 15) is 0 Å². The van der Waals surface area contributed by atoms with Crippen molar-refractivity contribution in [3.8, 4) is 5.75 Å². The van der Waals surface area contributed by atoms with Gasteiger partial charge in [0.2, 0.25) is 0 Å². The van der Waals surface area contributed by atoms with E-state index in [0.717, 1.165) is 17.0 Å². The van der Waals surface area contributed by atoms with Crippen LogP contribution in [0.4, 0.5) is 5.69 Å². The molecule has 1 unspecified atom stereocenters. The molecule has 1 aromatic heterocycles. The summed E-state index contributed by atoms with van der Waals surface area (Å²) in [7, 11) is 0. The maximum absolute atomic E-state index is 5.94. The Morgan fingerprint density at radius 1 is 1.14 bits per heavy atom. The molecule has 0 spiro atoms. The average molecular weight is 305 g/mol. The van der Waals surface area contributed by atoms with Gasteiger partial charge in [-0.2, -0.15) is 0 Å². The second-order valence-electron chi connectivity index (χ2n) is 5.43. The normalized spacial score (nSPS) is 12.3. The van der Waals surface area contributed by atoms with Gasteiger partial charge in [-0.05, 0) is 57.0 Å². The molecule has 21 heavy (non-hydrogen) atoms. The fraction of sp³-hybridized carbons (Fsp3) is 0.353. The molecule has 0 bridgehead atoms. The highest BCUT2D eigenvalue weighted by atomic mass is 35.5. The van der Waals surface area contributed by atoms with Crippen molar-refractivity contribution in [3.05, 3.63) is 52.8 Å². The Bertz CT molecular complexity index is 596. The van der Waals surface area contributed by atoms with Crippen molar-refractivity contribution in [2.75, 3.05) is 5.32 Å². The minimum Gasteiger partial charge on any atom is -0.491 e. The Kier molecular flexibility index (Phi) is 5.07. The van der Waals surface area contributed by atoms with Gasteiger partial charge in [-0.1, -0.05) is 23.7 Å². The molecule has 0 aliphatic carbocycles. The Hall–Kier alpha value is -1.74. The molecule has 2 rings (SSSR count). The van der Waals surface area contributed by atoms with E-state index in [2.05, 4.69) is 29.4 Å². The first kappa shape index (κ1) is 15.6. The van der Waals surface area contributed by atoms with E-state index >= 15 is 0 Å². The molecule has 112 valence electrons. The summed E-state index contributed by atoms with van der Waals surface area (Å²) < 4.78 is 5.65. The van der Waals surface area contributed by atoms with Gasteiger partial charge in [0.15, 0.2) is 0 Å². The number of hydrogen-bond donors (Lipinski definition) is 1. The molecule has 0 aliphatic rings. The van der Waals surface area contributed by atoms with E-state index in [4.69, 9.17) is 16.3 Å². The summed E-state index contributed by atoms with van der Waals surface area (Å²) in [6.07, 6.45) is 1.94. The molecule has 4 heteroatoms. The highest BCUT2D eigenvalue weighted by molar-refractivity contribution is 6.30. The van der Waals surface area contributed by atoms with Crippen LogP contribution in [0.1, 0.15) is 37.9 Å². The van der Waals surface area contributed by atoms with Gasteiger partial charge in [0.25, 0.3) is 0 Å². The number of ether oxygens (including phenoxy) is 1. The summed E-state index contributed by atoms with van der Waals surface area (Å²) in [5.41, 5.74) is 3.13. The molecule has 2 aromatic rings. The third-order valence-corrected chi connectivity index (χ3v) is 3.55. The predicted molar refractivity (Wildman–Crippen MR) is 88.2 cm³/mol. The number of aromatic nitrogens is 1. The number of benzene rings is 1. The zero-order valence-electron chi connectivity index (χ0n) is 12.9. The zero-order chi connectivity index (χ0) is 15.4.